The van der Waals surface area contributed by atoms with Crippen molar-refractivity contribution in [3.63, 3.8) is 0 Å². The van der Waals surface area contributed by atoms with Crippen molar-refractivity contribution >= 4 is 64.1 Å². The van der Waals surface area contributed by atoms with Gasteiger partial charge in [0.25, 0.3) is 0 Å². The Morgan fingerprint density at radius 3 is 2.07 bits per heavy atom. The molecule has 2 nitrogen and oxygen atoms in total. The van der Waals surface area contributed by atoms with E-state index in [4.69, 9.17) is 4.98 Å². The van der Waals surface area contributed by atoms with E-state index in [1.54, 1.807) is 0 Å². The number of hydrogen-bond acceptors (Lipinski definition) is 2. The summed E-state index contributed by atoms with van der Waals surface area (Å²) >= 11 is 1.89. The smallest absolute Gasteiger partial charge is 0.147 e. The molecule has 2 aromatic heterocycles. The molecule has 8 aromatic rings. The zero-order chi connectivity index (χ0) is 31.9. The molecule has 46 heavy (non-hydrogen) atoms. The molecule has 0 spiro atoms. The molecule has 0 fully saturated rings. The van der Waals surface area contributed by atoms with Gasteiger partial charge in [0.15, 0.2) is 0 Å². The molecule has 0 aliphatic carbocycles. The van der Waals surface area contributed by atoms with E-state index in [-0.39, 0.29) is 5.41 Å². The molecular formula is C43H40N2S. The van der Waals surface area contributed by atoms with Crippen molar-refractivity contribution in [2.75, 3.05) is 0 Å². The average molecular weight is 617 g/mol. The summed E-state index contributed by atoms with van der Waals surface area (Å²) in [4.78, 5) is 5.42. The van der Waals surface area contributed by atoms with Crippen molar-refractivity contribution in [1.82, 2.24) is 9.55 Å². The first-order valence-corrected chi connectivity index (χ1v) is 17.4. The van der Waals surface area contributed by atoms with Crippen LogP contribution in [-0.4, -0.2) is 9.55 Å². The number of aromatic nitrogens is 2. The van der Waals surface area contributed by atoms with E-state index in [1.807, 2.05) is 11.3 Å². The van der Waals surface area contributed by atoms with Crippen LogP contribution in [0.4, 0.5) is 0 Å². The minimum Gasteiger partial charge on any atom is -0.292 e. The van der Waals surface area contributed by atoms with Crippen LogP contribution in [0.15, 0.2) is 103 Å². The van der Waals surface area contributed by atoms with Gasteiger partial charge in [0.2, 0.25) is 0 Å². The van der Waals surface area contributed by atoms with Gasteiger partial charge in [-0.1, -0.05) is 127 Å². The Bertz CT molecular complexity index is 2430. The average Bonchev–Trinajstić information content (AvgIpc) is 3.62. The van der Waals surface area contributed by atoms with Gasteiger partial charge in [-0.05, 0) is 79.8 Å². The monoisotopic (exact) mass is 616 g/mol. The van der Waals surface area contributed by atoms with Crippen LogP contribution in [0, 0.1) is 0 Å². The van der Waals surface area contributed by atoms with Crippen LogP contribution >= 0.6 is 11.3 Å². The normalized spacial score (nSPS) is 12.6. The quantitative estimate of drug-likeness (QED) is 0.180. The van der Waals surface area contributed by atoms with Crippen LogP contribution in [0.25, 0.3) is 69.8 Å². The van der Waals surface area contributed by atoms with Crippen LogP contribution in [0.1, 0.15) is 77.0 Å². The molecular weight excluding hydrogens is 577 g/mol. The van der Waals surface area contributed by atoms with Gasteiger partial charge >= 0.3 is 0 Å². The molecule has 3 heteroatoms. The molecule has 0 aliphatic heterocycles. The number of fused-ring (bicyclic) bond motifs is 8. The molecule has 0 amide bonds. The second kappa shape index (κ2) is 10.5. The fraction of sp³-hybridized carbons (Fsp3) is 0.233. The van der Waals surface area contributed by atoms with Crippen LogP contribution in [0.5, 0.6) is 0 Å². The Morgan fingerprint density at radius 2 is 1.33 bits per heavy atom. The highest BCUT2D eigenvalue weighted by molar-refractivity contribution is 7.26. The number of benzene rings is 6. The first-order valence-electron chi connectivity index (χ1n) is 16.5. The van der Waals surface area contributed by atoms with E-state index in [1.165, 1.54) is 69.7 Å². The summed E-state index contributed by atoms with van der Waals surface area (Å²) in [6.45, 7) is 16.3. The molecule has 0 unspecified atom stereocenters. The summed E-state index contributed by atoms with van der Waals surface area (Å²) in [5.74, 6) is 1.72. The Balaban J connectivity index is 1.48. The van der Waals surface area contributed by atoms with Crippen LogP contribution < -0.4 is 0 Å². The van der Waals surface area contributed by atoms with Gasteiger partial charge in [0, 0.05) is 25.7 Å². The minimum absolute atomic E-state index is 0.0580. The van der Waals surface area contributed by atoms with Crippen LogP contribution in [0.2, 0.25) is 0 Å². The van der Waals surface area contributed by atoms with E-state index >= 15 is 0 Å². The standard InChI is InChI=1S/C43H40N2S/c1-25(2)34-23-28(43(5,6)7)24-35(26(3)4)40(34)45-37-18-11-10-17-36(37)44-42(45)33-16-12-15-32-39-31-20-19-27-13-8-9-14-29(27)30(31)21-22-38(39)46-41(32)33/h8-26H,1-7H3. The van der Waals surface area contributed by atoms with Crippen molar-refractivity contribution in [1.29, 1.82) is 0 Å². The SMILES string of the molecule is CC(C)c1cc(C(C)(C)C)cc(C(C)C)c1-n1c(-c2cccc3c2sc2ccc4c5ccccc5ccc4c23)nc2ccccc21. The second-order valence-electron chi connectivity index (χ2n) is 14.4. The number of hydrogen-bond donors (Lipinski definition) is 0. The Labute approximate surface area is 275 Å². The predicted octanol–water partition coefficient (Wildman–Crippen LogP) is 12.9. The van der Waals surface area contributed by atoms with Gasteiger partial charge in [-0.15, -0.1) is 11.3 Å². The van der Waals surface area contributed by atoms with E-state index < -0.39 is 0 Å². The highest BCUT2D eigenvalue weighted by Gasteiger charge is 2.27. The maximum atomic E-state index is 5.42. The zero-order valence-electron chi connectivity index (χ0n) is 27.8. The lowest BCUT2D eigenvalue weighted by Crippen LogP contribution is -2.16. The summed E-state index contributed by atoms with van der Waals surface area (Å²) in [6.07, 6.45) is 0. The third kappa shape index (κ3) is 4.40. The van der Waals surface area contributed by atoms with Gasteiger partial charge in [0.05, 0.1) is 16.7 Å². The van der Waals surface area contributed by atoms with E-state index in [0.717, 1.165) is 16.9 Å². The summed E-state index contributed by atoms with van der Waals surface area (Å²) in [6, 6.07) is 38.3. The summed E-state index contributed by atoms with van der Waals surface area (Å²) in [7, 11) is 0. The molecule has 0 bridgehead atoms. The molecule has 0 aliphatic rings. The largest absolute Gasteiger partial charge is 0.292 e. The number of thiophene rings is 1. The third-order valence-electron chi connectivity index (χ3n) is 9.69. The molecule has 0 saturated heterocycles. The molecule has 0 saturated carbocycles. The third-order valence-corrected chi connectivity index (χ3v) is 10.9. The van der Waals surface area contributed by atoms with E-state index in [2.05, 4.69) is 156 Å². The molecule has 0 radical (unpaired) electrons. The predicted molar refractivity (Wildman–Crippen MR) is 201 cm³/mol. The number of nitrogens with zero attached hydrogens (tertiary/aromatic N) is 2. The molecule has 0 atom stereocenters. The van der Waals surface area contributed by atoms with Gasteiger partial charge < -0.3 is 0 Å². The van der Waals surface area contributed by atoms with Crippen molar-refractivity contribution in [3.05, 3.63) is 120 Å². The topological polar surface area (TPSA) is 17.8 Å². The number of para-hydroxylation sites is 2. The first-order chi connectivity index (χ1) is 22.1. The van der Waals surface area contributed by atoms with Crippen molar-refractivity contribution in [3.8, 4) is 17.1 Å². The van der Waals surface area contributed by atoms with Crippen molar-refractivity contribution in [2.24, 2.45) is 0 Å². The van der Waals surface area contributed by atoms with Gasteiger partial charge in [-0.25, -0.2) is 4.98 Å². The Hall–Kier alpha value is -4.47. The number of rotatable bonds is 4. The number of imidazole rings is 1. The van der Waals surface area contributed by atoms with E-state index in [9.17, 15) is 0 Å². The van der Waals surface area contributed by atoms with Crippen molar-refractivity contribution < 1.29 is 0 Å². The van der Waals surface area contributed by atoms with Gasteiger partial charge in [-0.2, -0.15) is 0 Å². The van der Waals surface area contributed by atoms with Crippen LogP contribution in [-0.2, 0) is 5.41 Å². The fourth-order valence-electron chi connectivity index (χ4n) is 7.25. The Morgan fingerprint density at radius 1 is 0.652 bits per heavy atom. The summed E-state index contributed by atoms with van der Waals surface area (Å²) in [5.41, 5.74) is 8.86. The maximum absolute atomic E-state index is 5.42. The Kier molecular flexibility index (Phi) is 6.63. The highest BCUT2D eigenvalue weighted by Crippen LogP contribution is 2.46. The molecule has 2 heterocycles. The lowest BCUT2D eigenvalue weighted by molar-refractivity contribution is 0.586. The first kappa shape index (κ1) is 29.0. The maximum Gasteiger partial charge on any atom is 0.147 e. The van der Waals surface area contributed by atoms with Gasteiger partial charge in [0.1, 0.15) is 5.82 Å². The molecule has 0 N–H and O–H groups in total. The fourth-order valence-corrected chi connectivity index (χ4v) is 8.47. The lowest BCUT2D eigenvalue weighted by Gasteiger charge is -2.28. The van der Waals surface area contributed by atoms with Crippen molar-refractivity contribution in [2.45, 2.75) is 65.7 Å². The minimum atomic E-state index is 0.0580. The zero-order valence-corrected chi connectivity index (χ0v) is 28.6. The van der Waals surface area contributed by atoms with Gasteiger partial charge in [-0.3, -0.25) is 4.57 Å². The second-order valence-corrected chi connectivity index (χ2v) is 15.5. The highest BCUT2D eigenvalue weighted by atomic mass is 32.1. The molecule has 6 aromatic carbocycles. The summed E-state index contributed by atoms with van der Waals surface area (Å²) < 4.78 is 5.09. The molecule has 8 rings (SSSR count). The molecule has 228 valence electrons. The van der Waals surface area contributed by atoms with Crippen LogP contribution in [0.3, 0.4) is 0 Å². The van der Waals surface area contributed by atoms with E-state index in [0.29, 0.717) is 11.8 Å². The summed E-state index contributed by atoms with van der Waals surface area (Å²) in [5, 5.41) is 7.85. The lowest BCUT2D eigenvalue weighted by atomic mass is 9.81.